The van der Waals surface area contributed by atoms with E-state index in [0.29, 0.717) is 22.4 Å². The van der Waals surface area contributed by atoms with Crippen molar-refractivity contribution in [3.63, 3.8) is 0 Å². The predicted molar refractivity (Wildman–Crippen MR) is 138 cm³/mol. The normalized spacial score (nSPS) is 14.7. The summed E-state index contributed by atoms with van der Waals surface area (Å²) in [5.74, 6) is -1.00. The van der Waals surface area contributed by atoms with E-state index in [0.717, 1.165) is 23.3 Å². The summed E-state index contributed by atoms with van der Waals surface area (Å²) < 4.78 is 52.4. The van der Waals surface area contributed by atoms with Crippen LogP contribution in [0.3, 0.4) is 0 Å². The van der Waals surface area contributed by atoms with Gasteiger partial charge in [-0.1, -0.05) is 48.5 Å². The Morgan fingerprint density at radius 3 is 2.36 bits per heavy atom. The monoisotopic (exact) mass is 533 g/mol. The number of nitrogens with one attached hydrogen (secondary N) is 2. The van der Waals surface area contributed by atoms with Crippen LogP contribution in [-0.4, -0.2) is 16.7 Å². The van der Waals surface area contributed by atoms with Crippen molar-refractivity contribution in [3.05, 3.63) is 136 Å². The van der Waals surface area contributed by atoms with Crippen LogP contribution in [-0.2, 0) is 19.3 Å². The van der Waals surface area contributed by atoms with Crippen molar-refractivity contribution in [2.24, 2.45) is 0 Å². The van der Waals surface area contributed by atoms with Gasteiger partial charge < -0.3 is 15.5 Å². The molecule has 1 heterocycles. The Bertz CT molecular complexity index is 1520. The van der Waals surface area contributed by atoms with Crippen LogP contribution in [0.5, 0.6) is 0 Å². The van der Waals surface area contributed by atoms with Gasteiger partial charge in [0.1, 0.15) is 12.0 Å². The number of hydrogen-bond acceptors (Lipinski definition) is 3. The second-order valence-electron chi connectivity index (χ2n) is 9.16. The Labute approximate surface area is 222 Å². The number of amides is 2. The highest BCUT2D eigenvalue weighted by Gasteiger charge is 2.36. The zero-order chi connectivity index (χ0) is 27.6. The number of nitrogens with zero attached hydrogens (tertiary/aromatic N) is 1. The number of anilines is 1. The number of alkyl halides is 3. The van der Waals surface area contributed by atoms with E-state index in [1.54, 1.807) is 53.4 Å². The van der Waals surface area contributed by atoms with Crippen LogP contribution < -0.4 is 10.6 Å². The molecule has 9 heteroatoms. The minimum absolute atomic E-state index is 0.0731. The first-order valence-electron chi connectivity index (χ1n) is 12.1. The van der Waals surface area contributed by atoms with Gasteiger partial charge in [0.15, 0.2) is 0 Å². The van der Waals surface area contributed by atoms with Gasteiger partial charge in [-0.05, 0) is 59.7 Å². The summed E-state index contributed by atoms with van der Waals surface area (Å²) in [5, 5.41) is 5.98. The molecule has 5 nitrogen and oxygen atoms in total. The average molecular weight is 534 g/mol. The fourth-order valence-corrected chi connectivity index (χ4v) is 4.53. The van der Waals surface area contributed by atoms with Gasteiger partial charge in [-0.15, -0.1) is 0 Å². The van der Waals surface area contributed by atoms with E-state index < -0.39 is 23.8 Å². The number of fused-ring (bicyclic) bond motifs is 1. The van der Waals surface area contributed by atoms with Crippen molar-refractivity contribution in [3.8, 4) is 0 Å². The first kappa shape index (κ1) is 26.0. The van der Waals surface area contributed by atoms with Crippen molar-refractivity contribution < 1.29 is 27.2 Å². The maximum atomic E-state index is 13.4. The number of hydrogen-bond donors (Lipinski definition) is 2. The molecule has 5 rings (SSSR count). The molecule has 1 aliphatic heterocycles. The van der Waals surface area contributed by atoms with Crippen molar-refractivity contribution in [1.29, 1.82) is 0 Å². The molecule has 2 N–H and O–H groups in total. The van der Waals surface area contributed by atoms with Crippen LogP contribution in [0.2, 0.25) is 0 Å². The molecule has 198 valence electrons. The Morgan fingerprint density at radius 2 is 1.59 bits per heavy atom. The van der Waals surface area contributed by atoms with Gasteiger partial charge in [-0.25, -0.2) is 4.39 Å². The van der Waals surface area contributed by atoms with Crippen molar-refractivity contribution >= 4 is 17.5 Å². The molecule has 39 heavy (non-hydrogen) atoms. The topological polar surface area (TPSA) is 61.4 Å². The molecule has 0 aromatic heterocycles. The van der Waals surface area contributed by atoms with E-state index in [-0.39, 0.29) is 24.8 Å². The summed E-state index contributed by atoms with van der Waals surface area (Å²) >= 11 is 0. The maximum absolute atomic E-state index is 13.4. The smallest absolute Gasteiger partial charge is 0.361 e. The molecule has 4 aromatic carbocycles. The van der Waals surface area contributed by atoms with Gasteiger partial charge in [0.25, 0.3) is 11.8 Å². The van der Waals surface area contributed by atoms with E-state index in [1.807, 2.05) is 12.1 Å². The number of benzene rings is 4. The quantitative estimate of drug-likeness (QED) is 0.265. The third kappa shape index (κ3) is 5.77. The molecule has 0 fully saturated rings. The van der Waals surface area contributed by atoms with E-state index in [4.69, 9.17) is 0 Å². The van der Waals surface area contributed by atoms with Gasteiger partial charge in [-0.2, -0.15) is 13.2 Å². The molecule has 0 spiro atoms. The molecule has 1 aliphatic rings. The highest BCUT2D eigenvalue weighted by molar-refractivity contribution is 5.99. The summed E-state index contributed by atoms with van der Waals surface area (Å²) in [6, 6.07) is 24.6. The number of carbonyl (C=O) groups is 2. The molecular formula is C30H23F4N3O2. The second-order valence-corrected chi connectivity index (χ2v) is 9.16. The molecule has 0 saturated carbocycles. The van der Waals surface area contributed by atoms with Gasteiger partial charge >= 0.3 is 6.18 Å². The summed E-state index contributed by atoms with van der Waals surface area (Å²) in [7, 11) is 0. The summed E-state index contributed by atoms with van der Waals surface area (Å²) in [6.07, 6.45) is -5.01. The zero-order valence-electron chi connectivity index (χ0n) is 20.5. The summed E-state index contributed by atoms with van der Waals surface area (Å²) in [6.45, 7) is 0.166. The highest BCUT2D eigenvalue weighted by Crippen LogP contribution is 2.36. The van der Waals surface area contributed by atoms with Crippen molar-refractivity contribution in [2.75, 3.05) is 5.32 Å². The molecule has 1 unspecified atom stereocenters. The lowest BCUT2D eigenvalue weighted by atomic mass is 10.1. The zero-order valence-corrected chi connectivity index (χ0v) is 20.5. The SMILES string of the molecule is O=C(NCc1cccc(C(F)(F)F)c1)c1cccc(NC2c3ccccc3C(=O)N2Cc2ccc(F)cc2)c1. The molecular weight excluding hydrogens is 510 g/mol. The van der Waals surface area contributed by atoms with Gasteiger partial charge in [-0.3, -0.25) is 9.59 Å². The van der Waals surface area contributed by atoms with Crippen LogP contribution in [0.25, 0.3) is 0 Å². The molecule has 4 aromatic rings. The minimum atomic E-state index is -4.47. The first-order chi connectivity index (χ1) is 18.7. The van der Waals surface area contributed by atoms with Gasteiger partial charge in [0.05, 0.1) is 5.56 Å². The minimum Gasteiger partial charge on any atom is -0.361 e. The van der Waals surface area contributed by atoms with E-state index in [9.17, 15) is 27.2 Å². The van der Waals surface area contributed by atoms with E-state index >= 15 is 0 Å². The molecule has 1 atom stereocenters. The first-order valence-corrected chi connectivity index (χ1v) is 12.1. The highest BCUT2D eigenvalue weighted by atomic mass is 19.4. The van der Waals surface area contributed by atoms with Crippen LogP contribution in [0, 0.1) is 5.82 Å². The molecule has 0 aliphatic carbocycles. The lowest BCUT2D eigenvalue weighted by molar-refractivity contribution is -0.137. The Hall–Kier alpha value is -4.66. The van der Waals surface area contributed by atoms with Crippen LogP contribution in [0.15, 0.2) is 97.1 Å². The third-order valence-electron chi connectivity index (χ3n) is 6.46. The second kappa shape index (κ2) is 10.6. The predicted octanol–water partition coefficient (Wildman–Crippen LogP) is 6.54. The number of halogens is 4. The fraction of sp³-hybridized carbons (Fsp3) is 0.133. The van der Waals surface area contributed by atoms with Crippen molar-refractivity contribution in [1.82, 2.24) is 10.2 Å². The Kier molecular flexibility index (Phi) is 7.06. The Balaban J connectivity index is 1.33. The molecule has 2 amide bonds. The summed E-state index contributed by atoms with van der Waals surface area (Å²) in [4.78, 5) is 27.7. The van der Waals surface area contributed by atoms with Crippen LogP contribution in [0.4, 0.5) is 23.2 Å². The molecule has 0 bridgehead atoms. The summed E-state index contributed by atoms with van der Waals surface area (Å²) in [5.41, 5.74) is 2.49. The lowest BCUT2D eigenvalue weighted by Crippen LogP contribution is -2.32. The Morgan fingerprint density at radius 1 is 0.846 bits per heavy atom. The van der Waals surface area contributed by atoms with Crippen LogP contribution in [0.1, 0.15) is 49.1 Å². The number of carbonyl (C=O) groups excluding carboxylic acids is 2. The van der Waals surface area contributed by atoms with Gasteiger partial charge in [0.2, 0.25) is 0 Å². The largest absolute Gasteiger partial charge is 0.416 e. The standard InChI is InChI=1S/C30H23F4N3O2/c31-23-13-11-19(12-14-23)18-37-27(25-9-1-2-10-26(25)29(37)39)36-24-8-4-6-21(16-24)28(38)35-17-20-5-3-7-22(15-20)30(32,33)34/h1-16,27,36H,17-18H2,(H,35,38). The van der Waals surface area contributed by atoms with Crippen molar-refractivity contribution in [2.45, 2.75) is 25.4 Å². The number of rotatable bonds is 7. The fourth-order valence-electron chi connectivity index (χ4n) is 4.53. The molecule has 0 saturated heterocycles. The lowest BCUT2D eigenvalue weighted by Gasteiger charge is -2.27. The van der Waals surface area contributed by atoms with E-state index in [1.165, 1.54) is 24.3 Å². The van der Waals surface area contributed by atoms with Gasteiger partial charge in [0, 0.05) is 35.5 Å². The van der Waals surface area contributed by atoms with E-state index in [2.05, 4.69) is 10.6 Å². The maximum Gasteiger partial charge on any atom is 0.416 e. The average Bonchev–Trinajstić information content (AvgIpc) is 3.19. The third-order valence-corrected chi connectivity index (χ3v) is 6.46. The van der Waals surface area contributed by atoms with Crippen LogP contribution >= 0.6 is 0 Å². The molecule has 0 radical (unpaired) electrons.